The van der Waals surface area contributed by atoms with Crippen LogP contribution < -0.4 is 11.1 Å². The predicted molar refractivity (Wildman–Crippen MR) is 86.9 cm³/mol. The van der Waals surface area contributed by atoms with Crippen molar-refractivity contribution in [1.29, 1.82) is 0 Å². The maximum Gasteiger partial charge on any atom is 0.147 e. The molecule has 0 aliphatic rings. The molecule has 0 saturated carbocycles. The van der Waals surface area contributed by atoms with Gasteiger partial charge in [-0.3, -0.25) is 4.98 Å². The zero-order chi connectivity index (χ0) is 14.4. The van der Waals surface area contributed by atoms with Gasteiger partial charge in [-0.1, -0.05) is 26.7 Å². The van der Waals surface area contributed by atoms with Crippen molar-refractivity contribution in [3.05, 3.63) is 24.5 Å². The molecule has 2 aromatic heterocycles. The van der Waals surface area contributed by atoms with Crippen LogP contribution in [0.5, 0.6) is 0 Å². The monoisotopic (exact) mass is 290 g/mol. The second kappa shape index (κ2) is 7.24. The van der Waals surface area contributed by atoms with E-state index in [1.165, 1.54) is 30.8 Å². The van der Waals surface area contributed by atoms with Crippen LogP contribution in [0, 0.1) is 5.92 Å². The smallest absolute Gasteiger partial charge is 0.147 e. The van der Waals surface area contributed by atoms with E-state index in [4.69, 9.17) is 5.73 Å². The molecule has 0 unspecified atom stereocenters. The SMILES string of the molecule is CC(C)CCCCNc1snc(N)c1-c1ccncc1. The second-order valence-electron chi connectivity index (χ2n) is 5.32. The molecule has 0 aromatic carbocycles. The van der Waals surface area contributed by atoms with E-state index in [0.29, 0.717) is 5.82 Å². The molecule has 0 bridgehead atoms. The fraction of sp³-hybridized carbons (Fsp3) is 0.467. The Labute approximate surface area is 124 Å². The molecule has 2 aromatic rings. The lowest BCUT2D eigenvalue weighted by molar-refractivity contribution is 0.545. The summed E-state index contributed by atoms with van der Waals surface area (Å²) in [6, 6.07) is 3.92. The van der Waals surface area contributed by atoms with Gasteiger partial charge in [-0.25, -0.2) is 0 Å². The summed E-state index contributed by atoms with van der Waals surface area (Å²) >= 11 is 1.43. The highest BCUT2D eigenvalue weighted by Gasteiger charge is 2.12. The van der Waals surface area contributed by atoms with Crippen molar-refractivity contribution in [2.75, 3.05) is 17.6 Å². The Morgan fingerprint density at radius 3 is 2.70 bits per heavy atom. The Kier molecular flexibility index (Phi) is 5.35. The summed E-state index contributed by atoms with van der Waals surface area (Å²) in [5.74, 6) is 1.37. The van der Waals surface area contributed by atoms with Gasteiger partial charge in [0.15, 0.2) is 0 Å². The molecule has 2 heterocycles. The lowest BCUT2D eigenvalue weighted by Crippen LogP contribution is -2.02. The van der Waals surface area contributed by atoms with E-state index in [1.807, 2.05) is 12.1 Å². The number of aromatic nitrogens is 2. The molecular formula is C15H22N4S. The van der Waals surface area contributed by atoms with Gasteiger partial charge in [0, 0.05) is 18.9 Å². The maximum atomic E-state index is 5.98. The number of nitrogens with two attached hydrogens (primary N) is 1. The van der Waals surface area contributed by atoms with Gasteiger partial charge in [0.1, 0.15) is 10.8 Å². The summed E-state index contributed by atoms with van der Waals surface area (Å²) < 4.78 is 4.26. The number of anilines is 2. The minimum Gasteiger partial charge on any atom is -0.382 e. The molecule has 0 saturated heterocycles. The summed E-state index contributed by atoms with van der Waals surface area (Å²) in [5, 5.41) is 4.52. The number of nitrogens with one attached hydrogen (secondary N) is 1. The molecule has 0 radical (unpaired) electrons. The van der Waals surface area contributed by atoms with E-state index in [2.05, 4.69) is 28.5 Å². The van der Waals surface area contributed by atoms with Crippen LogP contribution in [-0.4, -0.2) is 15.9 Å². The lowest BCUT2D eigenvalue weighted by Gasteiger charge is -2.08. The van der Waals surface area contributed by atoms with Gasteiger partial charge in [0.2, 0.25) is 0 Å². The number of unbranched alkanes of at least 4 members (excludes halogenated alkanes) is 1. The first-order chi connectivity index (χ1) is 9.68. The largest absolute Gasteiger partial charge is 0.382 e. The molecule has 0 atom stereocenters. The van der Waals surface area contributed by atoms with Crippen molar-refractivity contribution in [3.63, 3.8) is 0 Å². The molecule has 20 heavy (non-hydrogen) atoms. The maximum absolute atomic E-state index is 5.98. The molecule has 2 rings (SSSR count). The van der Waals surface area contributed by atoms with Crippen LogP contribution in [-0.2, 0) is 0 Å². The van der Waals surface area contributed by atoms with Crippen molar-refractivity contribution < 1.29 is 0 Å². The van der Waals surface area contributed by atoms with Crippen LogP contribution in [0.25, 0.3) is 11.1 Å². The van der Waals surface area contributed by atoms with Crippen LogP contribution in [0.1, 0.15) is 33.1 Å². The Morgan fingerprint density at radius 2 is 2.00 bits per heavy atom. The van der Waals surface area contributed by atoms with Gasteiger partial charge in [0.25, 0.3) is 0 Å². The van der Waals surface area contributed by atoms with Gasteiger partial charge in [-0.05, 0) is 41.6 Å². The summed E-state index contributed by atoms with van der Waals surface area (Å²) in [6.07, 6.45) is 7.26. The zero-order valence-electron chi connectivity index (χ0n) is 12.1. The fourth-order valence-electron chi connectivity index (χ4n) is 2.10. The van der Waals surface area contributed by atoms with Crippen LogP contribution in [0.4, 0.5) is 10.8 Å². The number of nitrogens with zero attached hydrogens (tertiary/aromatic N) is 2. The van der Waals surface area contributed by atoms with Crippen molar-refractivity contribution in [3.8, 4) is 11.1 Å². The van der Waals surface area contributed by atoms with Crippen LogP contribution in [0.15, 0.2) is 24.5 Å². The first kappa shape index (κ1) is 14.8. The van der Waals surface area contributed by atoms with Crippen molar-refractivity contribution in [2.45, 2.75) is 33.1 Å². The third kappa shape index (κ3) is 3.93. The Morgan fingerprint density at radius 1 is 1.25 bits per heavy atom. The molecule has 0 fully saturated rings. The third-order valence-corrected chi connectivity index (χ3v) is 4.00. The minimum absolute atomic E-state index is 0.589. The number of hydrogen-bond acceptors (Lipinski definition) is 5. The van der Waals surface area contributed by atoms with Gasteiger partial charge < -0.3 is 11.1 Å². The van der Waals surface area contributed by atoms with Crippen molar-refractivity contribution in [1.82, 2.24) is 9.36 Å². The zero-order valence-corrected chi connectivity index (χ0v) is 12.9. The first-order valence-corrected chi connectivity index (χ1v) is 7.85. The van der Waals surface area contributed by atoms with E-state index in [-0.39, 0.29) is 0 Å². The molecule has 0 aliphatic heterocycles. The van der Waals surface area contributed by atoms with Crippen molar-refractivity contribution in [2.24, 2.45) is 5.92 Å². The topological polar surface area (TPSA) is 63.8 Å². The average molecular weight is 290 g/mol. The van der Waals surface area contributed by atoms with E-state index in [9.17, 15) is 0 Å². The van der Waals surface area contributed by atoms with Gasteiger partial charge in [-0.2, -0.15) is 4.37 Å². The molecule has 0 aliphatic carbocycles. The lowest BCUT2D eigenvalue weighted by atomic mass is 10.1. The summed E-state index contributed by atoms with van der Waals surface area (Å²) in [5.41, 5.74) is 8.05. The second-order valence-corrected chi connectivity index (χ2v) is 6.10. The molecule has 108 valence electrons. The van der Waals surface area contributed by atoms with E-state index >= 15 is 0 Å². The third-order valence-electron chi connectivity index (χ3n) is 3.18. The number of hydrogen-bond donors (Lipinski definition) is 2. The predicted octanol–water partition coefficient (Wildman–Crippen LogP) is 4.03. The molecule has 3 N–H and O–H groups in total. The quantitative estimate of drug-likeness (QED) is 0.756. The van der Waals surface area contributed by atoms with Gasteiger partial charge >= 0.3 is 0 Å². The highest BCUT2D eigenvalue weighted by Crippen LogP contribution is 2.36. The minimum atomic E-state index is 0.589. The van der Waals surface area contributed by atoms with Crippen LogP contribution in [0.2, 0.25) is 0 Å². The highest BCUT2D eigenvalue weighted by atomic mass is 32.1. The summed E-state index contributed by atoms with van der Waals surface area (Å²) in [7, 11) is 0. The van der Waals surface area contributed by atoms with Gasteiger partial charge in [-0.15, -0.1) is 0 Å². The van der Waals surface area contributed by atoms with E-state index < -0.39 is 0 Å². The molecule has 5 heteroatoms. The summed E-state index contributed by atoms with van der Waals surface area (Å²) in [4.78, 5) is 4.04. The summed E-state index contributed by atoms with van der Waals surface area (Å²) in [6.45, 7) is 5.49. The first-order valence-electron chi connectivity index (χ1n) is 7.08. The fourth-order valence-corrected chi connectivity index (χ4v) is 2.86. The van der Waals surface area contributed by atoms with Crippen molar-refractivity contribution >= 4 is 22.4 Å². The number of nitrogen functional groups attached to an aromatic ring is 1. The molecule has 0 spiro atoms. The standard InChI is InChI=1S/C15H22N4S/c1-11(2)5-3-4-8-18-15-13(14(16)19-20-15)12-6-9-17-10-7-12/h6-7,9-11,18H,3-5,8H2,1-2H3,(H2,16,19). The molecule has 4 nitrogen and oxygen atoms in total. The van der Waals surface area contributed by atoms with Crippen LogP contribution >= 0.6 is 11.5 Å². The number of rotatable bonds is 7. The van der Waals surface area contributed by atoms with Gasteiger partial charge in [0.05, 0.1) is 5.56 Å². The Balaban J connectivity index is 1.96. The molecule has 0 amide bonds. The number of pyridine rings is 1. The molecular weight excluding hydrogens is 268 g/mol. The van der Waals surface area contributed by atoms with Crippen LogP contribution in [0.3, 0.4) is 0 Å². The normalized spacial score (nSPS) is 10.9. The Hall–Kier alpha value is -1.62. The van der Waals surface area contributed by atoms with E-state index in [1.54, 1.807) is 12.4 Å². The Bertz CT molecular complexity index is 522. The average Bonchev–Trinajstić information content (AvgIpc) is 2.80. The highest BCUT2D eigenvalue weighted by molar-refractivity contribution is 7.11. The van der Waals surface area contributed by atoms with E-state index in [0.717, 1.165) is 28.6 Å².